The molecule has 0 nitrogen and oxygen atoms in total. The lowest BCUT2D eigenvalue weighted by Crippen LogP contribution is -2.02. The maximum absolute atomic E-state index is 2.40. The fourth-order valence-electron chi connectivity index (χ4n) is 8.04. The van der Waals surface area contributed by atoms with Gasteiger partial charge >= 0.3 is 0 Å². The second kappa shape index (κ2) is 11.4. The first-order chi connectivity index (χ1) is 24.3. The van der Waals surface area contributed by atoms with Crippen LogP contribution in [0.4, 0.5) is 0 Å². The summed E-state index contributed by atoms with van der Waals surface area (Å²) in [6.45, 7) is 0. The fraction of sp³-hybridized carbons (Fsp3) is 0.0417. The highest BCUT2D eigenvalue weighted by atomic mass is 32.1. The second-order valence-corrected chi connectivity index (χ2v) is 14.2. The minimum absolute atomic E-state index is 1.03. The van der Waals surface area contributed by atoms with Crippen LogP contribution in [0.25, 0.3) is 92.3 Å². The molecule has 1 aliphatic carbocycles. The molecule has 1 heteroatoms. The van der Waals surface area contributed by atoms with Crippen molar-refractivity contribution in [3.8, 4) is 44.5 Å². The van der Waals surface area contributed by atoms with Gasteiger partial charge in [-0.2, -0.15) is 0 Å². The van der Waals surface area contributed by atoms with Crippen molar-refractivity contribution in [2.24, 2.45) is 0 Å². The van der Waals surface area contributed by atoms with E-state index in [1.807, 2.05) is 11.3 Å². The normalized spacial score (nSPS) is 12.7. The predicted octanol–water partition coefficient (Wildman–Crippen LogP) is 14.0. The minimum atomic E-state index is 1.03. The van der Waals surface area contributed by atoms with E-state index < -0.39 is 0 Å². The highest BCUT2D eigenvalue weighted by molar-refractivity contribution is 7.26. The van der Waals surface area contributed by atoms with Gasteiger partial charge in [-0.1, -0.05) is 152 Å². The lowest BCUT2D eigenvalue weighted by Gasteiger charge is -2.24. The molecule has 230 valence electrons. The third-order valence-corrected chi connectivity index (χ3v) is 11.6. The number of hydrogen-bond donors (Lipinski definition) is 0. The Hall–Kier alpha value is -5.76. The summed E-state index contributed by atoms with van der Waals surface area (Å²) in [6.07, 6.45) is 6.82. The standard InChI is InChI=1S/C48H32S/c1-2-12-34-29-36(28-23-31(34)11-1)35-13-9-14-37(30-35)47-42-18-5-3-16-40(42)46(41-17-4-6-19-43(41)47)33-26-24-32(25-27-33)38-20-10-21-44-39-15-7-8-22-45(39)49-48(38)44/h1-5,7-18,20-30H,6,19H2. The molecule has 0 radical (unpaired) electrons. The van der Waals surface area contributed by atoms with E-state index in [1.54, 1.807) is 0 Å². The highest BCUT2D eigenvalue weighted by Gasteiger charge is 2.22. The monoisotopic (exact) mass is 640 g/mol. The Morgan fingerprint density at radius 2 is 1.08 bits per heavy atom. The number of thiophene rings is 1. The molecule has 8 aromatic carbocycles. The van der Waals surface area contributed by atoms with Crippen LogP contribution in [0.1, 0.15) is 17.5 Å². The molecule has 0 unspecified atom stereocenters. The van der Waals surface area contributed by atoms with Crippen molar-refractivity contribution in [2.75, 3.05) is 0 Å². The number of hydrogen-bond acceptors (Lipinski definition) is 1. The molecule has 1 heterocycles. The largest absolute Gasteiger partial charge is 0.135 e. The van der Waals surface area contributed by atoms with Crippen molar-refractivity contribution < 1.29 is 0 Å². The predicted molar refractivity (Wildman–Crippen MR) is 213 cm³/mol. The van der Waals surface area contributed by atoms with Crippen LogP contribution < -0.4 is 0 Å². The Kier molecular flexibility index (Phi) is 6.60. The average molecular weight is 641 g/mol. The zero-order chi connectivity index (χ0) is 32.3. The quantitative estimate of drug-likeness (QED) is 0.180. The van der Waals surface area contributed by atoms with Crippen LogP contribution in [0.2, 0.25) is 0 Å². The molecule has 49 heavy (non-hydrogen) atoms. The van der Waals surface area contributed by atoms with Gasteiger partial charge in [0.1, 0.15) is 0 Å². The Labute approximate surface area is 290 Å². The summed E-state index contributed by atoms with van der Waals surface area (Å²) in [5.74, 6) is 0. The topological polar surface area (TPSA) is 0 Å². The van der Waals surface area contributed by atoms with Crippen LogP contribution in [0, 0.1) is 0 Å². The Morgan fingerprint density at radius 1 is 0.429 bits per heavy atom. The lowest BCUT2D eigenvalue weighted by atomic mass is 9.80. The maximum atomic E-state index is 2.40. The van der Waals surface area contributed by atoms with Gasteiger partial charge in [-0.3, -0.25) is 0 Å². The minimum Gasteiger partial charge on any atom is -0.135 e. The van der Waals surface area contributed by atoms with Gasteiger partial charge in [0.25, 0.3) is 0 Å². The average Bonchev–Trinajstić information content (AvgIpc) is 3.56. The van der Waals surface area contributed by atoms with E-state index in [0.717, 1.165) is 12.8 Å². The van der Waals surface area contributed by atoms with Crippen LogP contribution in [0.5, 0.6) is 0 Å². The van der Waals surface area contributed by atoms with Crippen LogP contribution in [-0.2, 0) is 6.42 Å². The molecule has 0 aliphatic heterocycles. The molecule has 0 spiro atoms. The van der Waals surface area contributed by atoms with Crippen molar-refractivity contribution in [3.05, 3.63) is 175 Å². The molecule has 0 bridgehead atoms. The summed E-state index contributed by atoms with van der Waals surface area (Å²) >= 11 is 1.89. The summed E-state index contributed by atoms with van der Waals surface area (Å²) in [5.41, 5.74) is 13.1. The van der Waals surface area contributed by atoms with Gasteiger partial charge in [-0.25, -0.2) is 0 Å². The molecule has 9 aromatic rings. The molecular weight excluding hydrogens is 609 g/mol. The molecule has 1 aromatic heterocycles. The van der Waals surface area contributed by atoms with Gasteiger partial charge in [-0.15, -0.1) is 11.3 Å². The molecule has 0 saturated carbocycles. The summed E-state index contributed by atoms with van der Waals surface area (Å²) in [4.78, 5) is 0. The van der Waals surface area contributed by atoms with E-state index >= 15 is 0 Å². The fourth-order valence-corrected chi connectivity index (χ4v) is 9.28. The first kappa shape index (κ1) is 28.3. The smallest absolute Gasteiger partial charge is 0.0433 e. The third-order valence-electron chi connectivity index (χ3n) is 10.3. The summed E-state index contributed by atoms with van der Waals surface area (Å²) in [6, 6.07) is 58.4. The van der Waals surface area contributed by atoms with E-state index in [0.29, 0.717) is 0 Å². The van der Waals surface area contributed by atoms with Crippen molar-refractivity contribution in [3.63, 3.8) is 0 Å². The van der Waals surface area contributed by atoms with Crippen molar-refractivity contribution in [1.29, 1.82) is 0 Å². The zero-order valence-electron chi connectivity index (χ0n) is 27.0. The van der Waals surface area contributed by atoms with Gasteiger partial charge in [0.15, 0.2) is 0 Å². The van der Waals surface area contributed by atoms with Gasteiger partial charge in [-0.05, 0) is 108 Å². The Morgan fingerprint density at radius 3 is 1.96 bits per heavy atom. The molecule has 0 saturated heterocycles. The van der Waals surface area contributed by atoms with E-state index in [1.165, 1.54) is 97.4 Å². The molecule has 0 N–H and O–H groups in total. The molecule has 0 fully saturated rings. The van der Waals surface area contributed by atoms with Gasteiger partial charge in [0.05, 0.1) is 0 Å². The van der Waals surface area contributed by atoms with Crippen molar-refractivity contribution in [1.82, 2.24) is 0 Å². The number of allylic oxidation sites excluding steroid dienone is 1. The molecule has 0 atom stereocenters. The third kappa shape index (κ3) is 4.65. The lowest BCUT2D eigenvalue weighted by molar-refractivity contribution is 0.991. The van der Waals surface area contributed by atoms with Gasteiger partial charge in [0, 0.05) is 20.2 Å². The first-order valence-electron chi connectivity index (χ1n) is 17.1. The van der Waals surface area contributed by atoms with E-state index in [2.05, 4.69) is 170 Å². The second-order valence-electron chi connectivity index (χ2n) is 13.1. The zero-order valence-corrected chi connectivity index (χ0v) is 27.8. The molecule has 0 amide bonds. The number of rotatable bonds is 4. The summed E-state index contributed by atoms with van der Waals surface area (Å²) < 4.78 is 2.70. The van der Waals surface area contributed by atoms with Crippen LogP contribution in [0.15, 0.2) is 164 Å². The van der Waals surface area contributed by atoms with E-state index in [9.17, 15) is 0 Å². The van der Waals surface area contributed by atoms with E-state index in [4.69, 9.17) is 0 Å². The number of benzene rings is 8. The summed E-state index contributed by atoms with van der Waals surface area (Å²) in [5, 5.41) is 7.85. The van der Waals surface area contributed by atoms with Crippen molar-refractivity contribution in [2.45, 2.75) is 12.8 Å². The first-order valence-corrected chi connectivity index (χ1v) is 18.0. The van der Waals surface area contributed by atoms with Crippen molar-refractivity contribution >= 4 is 59.1 Å². The molecular formula is C48H32S. The SMILES string of the molecule is C1=Cc2c(c(-c3cccc(-c4ccc5ccccc5c4)c3)c3ccccc3c2-c2ccc(-c3cccc4c3sc3ccccc34)cc2)CC1. The summed E-state index contributed by atoms with van der Waals surface area (Å²) in [7, 11) is 0. The highest BCUT2D eigenvalue weighted by Crippen LogP contribution is 2.46. The Balaban J connectivity index is 1.12. The Bertz CT molecular complexity index is 2760. The molecule has 1 aliphatic rings. The number of fused-ring (bicyclic) bond motifs is 6. The van der Waals surface area contributed by atoms with Crippen LogP contribution >= 0.6 is 11.3 Å². The maximum Gasteiger partial charge on any atom is 0.0433 e. The molecule has 10 rings (SSSR count). The van der Waals surface area contributed by atoms with Crippen LogP contribution in [-0.4, -0.2) is 0 Å². The van der Waals surface area contributed by atoms with E-state index in [-0.39, 0.29) is 0 Å². The van der Waals surface area contributed by atoms with Gasteiger partial charge in [0.2, 0.25) is 0 Å². The van der Waals surface area contributed by atoms with Gasteiger partial charge < -0.3 is 0 Å². The van der Waals surface area contributed by atoms with Crippen LogP contribution in [0.3, 0.4) is 0 Å².